The van der Waals surface area contributed by atoms with Crippen LogP contribution < -0.4 is 4.90 Å². The summed E-state index contributed by atoms with van der Waals surface area (Å²) in [6, 6.07) is 4.74. The van der Waals surface area contributed by atoms with Gasteiger partial charge >= 0.3 is 0 Å². The average molecular weight is 432 g/mol. The van der Waals surface area contributed by atoms with E-state index >= 15 is 0 Å². The van der Waals surface area contributed by atoms with Gasteiger partial charge < -0.3 is 14.7 Å². The molecule has 1 spiro atoms. The zero-order valence-electron chi connectivity index (χ0n) is 16.7. The summed E-state index contributed by atoms with van der Waals surface area (Å²) in [7, 11) is 0. The van der Waals surface area contributed by atoms with Crippen molar-refractivity contribution in [3.05, 3.63) is 34.7 Å². The number of fused-ring (bicyclic) bond motifs is 1. The standard InChI is InChI=1S/C21H23ClFN5O2/c1-12-9-21(11-30-12)5-7-28(8-6-21)20-15(10-29)24-18-17(26-27-19(18)25-20)13-3-2-4-14(22)16(13)23/h2-4,12,29H,5-11H2,1H3,(H,25,26,27)/t12-/m0/s1. The second-order valence-corrected chi connectivity index (χ2v) is 8.74. The maximum atomic E-state index is 14.5. The van der Waals surface area contributed by atoms with Crippen LogP contribution in [0, 0.1) is 11.2 Å². The van der Waals surface area contributed by atoms with Crippen molar-refractivity contribution in [2.75, 3.05) is 24.6 Å². The van der Waals surface area contributed by atoms with Gasteiger partial charge in [-0.3, -0.25) is 5.10 Å². The fraction of sp³-hybridized carbons (Fsp3) is 0.476. The van der Waals surface area contributed by atoms with Gasteiger partial charge in [0, 0.05) is 18.7 Å². The summed E-state index contributed by atoms with van der Waals surface area (Å²) in [5, 5.41) is 17.1. The van der Waals surface area contributed by atoms with Crippen molar-refractivity contribution >= 4 is 28.6 Å². The highest BCUT2D eigenvalue weighted by atomic mass is 35.5. The molecule has 9 heteroatoms. The molecule has 2 aromatic heterocycles. The Bertz CT molecular complexity index is 1100. The minimum absolute atomic E-state index is 0.0167. The number of piperidine rings is 1. The van der Waals surface area contributed by atoms with Gasteiger partial charge in [0.1, 0.15) is 16.9 Å². The monoisotopic (exact) mass is 431 g/mol. The molecule has 2 saturated heterocycles. The van der Waals surface area contributed by atoms with E-state index in [0.29, 0.717) is 34.5 Å². The summed E-state index contributed by atoms with van der Waals surface area (Å²) in [5.41, 5.74) is 2.14. The van der Waals surface area contributed by atoms with Gasteiger partial charge in [-0.05, 0) is 43.7 Å². The van der Waals surface area contributed by atoms with E-state index in [2.05, 4.69) is 27.0 Å². The highest BCUT2D eigenvalue weighted by molar-refractivity contribution is 6.31. The lowest BCUT2D eigenvalue weighted by atomic mass is 9.77. The maximum Gasteiger partial charge on any atom is 0.177 e. The predicted molar refractivity (Wildman–Crippen MR) is 112 cm³/mol. The number of nitrogens with zero attached hydrogens (tertiary/aromatic N) is 4. The second kappa shape index (κ2) is 7.44. The van der Waals surface area contributed by atoms with Crippen molar-refractivity contribution < 1.29 is 14.2 Å². The van der Waals surface area contributed by atoms with Crippen molar-refractivity contribution in [3.8, 4) is 11.3 Å². The molecule has 3 aromatic rings. The number of aliphatic hydroxyl groups excluding tert-OH is 1. The van der Waals surface area contributed by atoms with E-state index in [1.54, 1.807) is 12.1 Å². The number of aromatic amines is 1. The highest BCUT2D eigenvalue weighted by Gasteiger charge is 2.41. The van der Waals surface area contributed by atoms with Crippen LogP contribution in [0.3, 0.4) is 0 Å². The van der Waals surface area contributed by atoms with Crippen LogP contribution in [0.25, 0.3) is 22.4 Å². The van der Waals surface area contributed by atoms with Crippen molar-refractivity contribution in [2.24, 2.45) is 5.41 Å². The molecule has 0 aliphatic carbocycles. The molecule has 2 fully saturated rings. The Kier molecular flexibility index (Phi) is 4.88. The van der Waals surface area contributed by atoms with E-state index in [1.807, 2.05) is 0 Å². The van der Waals surface area contributed by atoms with Crippen LogP contribution in [0.4, 0.5) is 10.2 Å². The third-order valence-electron chi connectivity index (χ3n) is 6.32. The van der Waals surface area contributed by atoms with Gasteiger partial charge in [-0.15, -0.1) is 0 Å². The first-order chi connectivity index (χ1) is 14.5. The Balaban J connectivity index is 1.48. The number of aliphatic hydroxyl groups is 1. The summed E-state index contributed by atoms with van der Waals surface area (Å²) in [5.74, 6) is 0.0897. The summed E-state index contributed by atoms with van der Waals surface area (Å²) in [6.07, 6.45) is 3.44. The third kappa shape index (κ3) is 3.23. The Morgan fingerprint density at radius 1 is 1.33 bits per heavy atom. The molecule has 0 unspecified atom stereocenters. The molecule has 1 atom stereocenters. The van der Waals surface area contributed by atoms with Gasteiger partial charge in [-0.25, -0.2) is 14.4 Å². The molecular weight excluding hydrogens is 409 g/mol. The van der Waals surface area contributed by atoms with Crippen LogP contribution in [0.5, 0.6) is 0 Å². The number of hydrogen-bond donors (Lipinski definition) is 2. The van der Waals surface area contributed by atoms with Gasteiger partial charge in [0.2, 0.25) is 0 Å². The minimum Gasteiger partial charge on any atom is -0.390 e. The summed E-state index contributed by atoms with van der Waals surface area (Å²) >= 11 is 5.92. The number of anilines is 1. The van der Waals surface area contributed by atoms with Gasteiger partial charge in [0.05, 0.1) is 24.3 Å². The van der Waals surface area contributed by atoms with E-state index in [0.717, 1.165) is 39.0 Å². The average Bonchev–Trinajstić information content (AvgIpc) is 3.33. The first-order valence-electron chi connectivity index (χ1n) is 10.2. The zero-order valence-corrected chi connectivity index (χ0v) is 17.4. The van der Waals surface area contributed by atoms with E-state index in [-0.39, 0.29) is 22.6 Å². The molecular formula is C21H23ClFN5O2. The SMILES string of the molecule is C[C@H]1CC2(CCN(c3nc4[nH]nc(-c5cccc(Cl)c5F)c4nc3CO)CC2)CO1. The Morgan fingerprint density at radius 3 is 2.83 bits per heavy atom. The molecule has 30 heavy (non-hydrogen) atoms. The third-order valence-corrected chi connectivity index (χ3v) is 6.61. The molecule has 2 aliphatic rings. The van der Waals surface area contributed by atoms with Crippen molar-refractivity contribution in [3.63, 3.8) is 0 Å². The van der Waals surface area contributed by atoms with Crippen LogP contribution in [0.15, 0.2) is 18.2 Å². The zero-order chi connectivity index (χ0) is 20.9. The number of benzene rings is 1. The number of rotatable bonds is 3. The van der Waals surface area contributed by atoms with Crippen LogP contribution >= 0.6 is 11.6 Å². The van der Waals surface area contributed by atoms with E-state index < -0.39 is 5.82 Å². The molecule has 5 rings (SSSR count). The van der Waals surface area contributed by atoms with Gasteiger partial charge in [-0.1, -0.05) is 17.7 Å². The molecule has 2 aliphatic heterocycles. The number of aromatic nitrogens is 4. The topological polar surface area (TPSA) is 87.2 Å². The molecule has 0 saturated carbocycles. The van der Waals surface area contributed by atoms with E-state index in [1.165, 1.54) is 6.07 Å². The van der Waals surface area contributed by atoms with E-state index in [4.69, 9.17) is 21.3 Å². The summed E-state index contributed by atoms with van der Waals surface area (Å²) in [6.45, 7) is 4.33. The normalized spacial score (nSPS) is 21.1. The predicted octanol–water partition coefficient (Wildman–Crippen LogP) is 3.70. The van der Waals surface area contributed by atoms with Gasteiger partial charge in [0.25, 0.3) is 0 Å². The van der Waals surface area contributed by atoms with Crippen molar-refractivity contribution in [1.29, 1.82) is 0 Å². The maximum absolute atomic E-state index is 14.5. The molecule has 0 amide bonds. The Morgan fingerprint density at radius 2 is 2.13 bits per heavy atom. The Labute approximate surface area is 178 Å². The van der Waals surface area contributed by atoms with Gasteiger partial charge in [-0.2, -0.15) is 5.10 Å². The minimum atomic E-state index is -0.557. The molecule has 7 nitrogen and oxygen atoms in total. The molecule has 0 bridgehead atoms. The number of hydrogen-bond acceptors (Lipinski definition) is 6. The smallest absolute Gasteiger partial charge is 0.177 e. The lowest BCUT2D eigenvalue weighted by molar-refractivity contribution is 0.0975. The number of halogens is 2. The highest BCUT2D eigenvalue weighted by Crippen LogP contribution is 2.43. The molecule has 0 radical (unpaired) electrons. The van der Waals surface area contributed by atoms with Gasteiger partial charge in [0.15, 0.2) is 17.3 Å². The quantitative estimate of drug-likeness (QED) is 0.657. The molecule has 1 aromatic carbocycles. The van der Waals surface area contributed by atoms with Crippen LogP contribution in [-0.2, 0) is 11.3 Å². The number of H-pyrrole nitrogens is 1. The number of nitrogens with one attached hydrogen (secondary N) is 1. The van der Waals surface area contributed by atoms with Crippen LogP contribution in [-0.4, -0.2) is 51.1 Å². The second-order valence-electron chi connectivity index (χ2n) is 8.34. The van der Waals surface area contributed by atoms with Crippen LogP contribution in [0.2, 0.25) is 5.02 Å². The fourth-order valence-corrected chi connectivity index (χ4v) is 4.86. The fourth-order valence-electron chi connectivity index (χ4n) is 4.69. The number of ether oxygens (including phenoxy) is 1. The van der Waals surface area contributed by atoms with Crippen molar-refractivity contribution in [1.82, 2.24) is 20.2 Å². The Hall–Kier alpha value is -2.29. The lowest BCUT2D eigenvalue weighted by Gasteiger charge is -2.39. The molecule has 2 N–H and O–H groups in total. The first-order valence-corrected chi connectivity index (χ1v) is 10.5. The largest absolute Gasteiger partial charge is 0.390 e. The lowest BCUT2D eigenvalue weighted by Crippen LogP contribution is -2.41. The molecule has 4 heterocycles. The molecule has 158 valence electrons. The van der Waals surface area contributed by atoms with Crippen LogP contribution in [0.1, 0.15) is 31.9 Å². The first kappa shape index (κ1) is 19.7. The summed E-state index contributed by atoms with van der Waals surface area (Å²) < 4.78 is 20.3. The summed E-state index contributed by atoms with van der Waals surface area (Å²) in [4.78, 5) is 11.5. The van der Waals surface area contributed by atoms with E-state index in [9.17, 15) is 9.50 Å². The van der Waals surface area contributed by atoms with Crippen molar-refractivity contribution in [2.45, 2.75) is 38.9 Å².